The molecule has 0 radical (unpaired) electrons. The van der Waals surface area contributed by atoms with Gasteiger partial charge < -0.3 is 10.1 Å². The molecule has 0 aromatic carbocycles. The lowest BCUT2D eigenvalue weighted by molar-refractivity contribution is 0.166. The van der Waals surface area contributed by atoms with Crippen molar-refractivity contribution in [2.45, 2.75) is 58.5 Å². The molecule has 0 heterocycles. The van der Waals surface area contributed by atoms with E-state index >= 15 is 0 Å². The first-order chi connectivity index (χ1) is 6.20. The fourth-order valence-electron chi connectivity index (χ4n) is 1.57. The number of hydrogen-bond acceptors (Lipinski definition) is 2. The molecular weight excluding hydrogens is 162 g/mol. The lowest BCUT2D eigenvalue weighted by Crippen LogP contribution is -2.37. The molecule has 13 heavy (non-hydrogen) atoms. The lowest BCUT2D eigenvalue weighted by atomic mass is 10.1. The third-order valence-corrected chi connectivity index (χ3v) is 2.23. The van der Waals surface area contributed by atoms with E-state index in [9.17, 15) is 0 Å². The zero-order valence-electron chi connectivity index (χ0n) is 9.60. The van der Waals surface area contributed by atoms with Gasteiger partial charge in [-0.15, -0.1) is 0 Å². The van der Waals surface area contributed by atoms with Crippen LogP contribution in [0.1, 0.15) is 46.5 Å². The van der Waals surface area contributed by atoms with Crippen LogP contribution in [0.25, 0.3) is 0 Å². The van der Waals surface area contributed by atoms with E-state index in [0.29, 0.717) is 12.1 Å². The van der Waals surface area contributed by atoms with Crippen molar-refractivity contribution in [3.05, 3.63) is 0 Å². The molecule has 80 valence electrons. The van der Waals surface area contributed by atoms with E-state index in [1.165, 1.54) is 25.7 Å². The van der Waals surface area contributed by atoms with E-state index in [1.54, 1.807) is 7.11 Å². The number of nitrogens with one attached hydrogen (secondary N) is 1. The summed E-state index contributed by atoms with van der Waals surface area (Å²) in [4.78, 5) is 0. The molecule has 0 spiro atoms. The van der Waals surface area contributed by atoms with Gasteiger partial charge in [-0.2, -0.15) is 0 Å². The van der Waals surface area contributed by atoms with Crippen molar-refractivity contribution in [2.24, 2.45) is 0 Å². The van der Waals surface area contributed by atoms with Gasteiger partial charge in [-0.25, -0.2) is 0 Å². The second-order valence-electron chi connectivity index (χ2n) is 3.92. The maximum atomic E-state index is 5.07. The molecule has 0 aliphatic carbocycles. The van der Waals surface area contributed by atoms with E-state index in [-0.39, 0.29) is 0 Å². The Labute approximate surface area is 83.1 Å². The Morgan fingerprint density at radius 3 is 2.38 bits per heavy atom. The van der Waals surface area contributed by atoms with E-state index < -0.39 is 0 Å². The first kappa shape index (κ1) is 12.9. The molecule has 0 saturated heterocycles. The highest BCUT2D eigenvalue weighted by Crippen LogP contribution is 2.03. The Kier molecular flexibility index (Phi) is 8.46. The van der Waals surface area contributed by atoms with Crippen molar-refractivity contribution < 1.29 is 4.74 Å². The van der Waals surface area contributed by atoms with E-state index in [1.807, 2.05) is 0 Å². The van der Waals surface area contributed by atoms with Crippen LogP contribution in [0.5, 0.6) is 0 Å². The summed E-state index contributed by atoms with van der Waals surface area (Å²) in [5, 5.41) is 3.51. The molecule has 2 atom stereocenters. The zero-order valence-corrected chi connectivity index (χ0v) is 9.60. The van der Waals surface area contributed by atoms with Gasteiger partial charge >= 0.3 is 0 Å². The highest BCUT2D eigenvalue weighted by Gasteiger charge is 2.05. The third kappa shape index (κ3) is 8.26. The maximum absolute atomic E-state index is 5.07. The molecule has 2 heteroatoms. The van der Waals surface area contributed by atoms with Crippen LogP contribution in [0.4, 0.5) is 0 Å². The Hall–Kier alpha value is -0.0800. The minimum absolute atomic E-state index is 0.474. The molecule has 0 aromatic rings. The number of unbranched alkanes of at least 4 members (excludes halogenated alkanes) is 2. The molecule has 2 unspecified atom stereocenters. The van der Waals surface area contributed by atoms with E-state index in [2.05, 4.69) is 26.1 Å². The zero-order chi connectivity index (χ0) is 10.1. The van der Waals surface area contributed by atoms with Crippen molar-refractivity contribution >= 4 is 0 Å². The Bertz CT molecular complexity index is 106. The predicted molar refractivity (Wildman–Crippen MR) is 58.1 cm³/mol. The predicted octanol–water partition coefficient (Wildman–Crippen LogP) is 2.58. The quantitative estimate of drug-likeness (QED) is 0.590. The van der Waals surface area contributed by atoms with Gasteiger partial charge in [0, 0.05) is 19.2 Å². The fraction of sp³-hybridized carbons (Fsp3) is 1.00. The highest BCUT2D eigenvalue weighted by molar-refractivity contribution is 4.66. The van der Waals surface area contributed by atoms with Crippen LogP contribution in [0, 0.1) is 0 Å². The van der Waals surface area contributed by atoms with E-state index in [0.717, 1.165) is 6.61 Å². The largest absolute Gasteiger partial charge is 0.383 e. The van der Waals surface area contributed by atoms with Crippen molar-refractivity contribution in [3.8, 4) is 0 Å². The number of ether oxygens (including phenoxy) is 1. The van der Waals surface area contributed by atoms with Gasteiger partial charge in [0.05, 0.1) is 6.61 Å². The maximum Gasteiger partial charge on any atom is 0.0613 e. The number of methoxy groups -OCH3 is 1. The summed E-state index contributed by atoms with van der Waals surface area (Å²) in [6.07, 6.45) is 5.28. The van der Waals surface area contributed by atoms with Crippen LogP contribution in [0.3, 0.4) is 0 Å². The second-order valence-corrected chi connectivity index (χ2v) is 3.92. The molecule has 0 bridgehead atoms. The third-order valence-electron chi connectivity index (χ3n) is 2.23. The van der Waals surface area contributed by atoms with Crippen molar-refractivity contribution in [1.82, 2.24) is 5.32 Å². The highest BCUT2D eigenvalue weighted by atomic mass is 16.5. The van der Waals surface area contributed by atoms with Crippen LogP contribution in [-0.4, -0.2) is 25.8 Å². The fourth-order valence-corrected chi connectivity index (χ4v) is 1.57. The number of hydrogen-bond donors (Lipinski definition) is 1. The van der Waals surface area contributed by atoms with Gasteiger partial charge in [0.2, 0.25) is 0 Å². The van der Waals surface area contributed by atoms with Crippen LogP contribution in [-0.2, 0) is 4.74 Å². The first-order valence-electron chi connectivity index (χ1n) is 5.45. The van der Waals surface area contributed by atoms with Crippen LogP contribution in [0.2, 0.25) is 0 Å². The first-order valence-corrected chi connectivity index (χ1v) is 5.45. The molecular formula is C11H25NO. The van der Waals surface area contributed by atoms with Crippen LogP contribution in [0.15, 0.2) is 0 Å². The second kappa shape index (κ2) is 8.52. The number of rotatable bonds is 8. The molecule has 0 rings (SSSR count). The smallest absolute Gasteiger partial charge is 0.0613 e. The van der Waals surface area contributed by atoms with Crippen molar-refractivity contribution in [3.63, 3.8) is 0 Å². The minimum atomic E-state index is 0.474. The lowest BCUT2D eigenvalue weighted by Gasteiger charge is -2.19. The minimum Gasteiger partial charge on any atom is -0.383 e. The summed E-state index contributed by atoms with van der Waals surface area (Å²) < 4.78 is 5.07. The summed E-state index contributed by atoms with van der Waals surface area (Å²) in [7, 11) is 1.75. The van der Waals surface area contributed by atoms with Gasteiger partial charge in [0.1, 0.15) is 0 Å². The molecule has 1 N–H and O–H groups in total. The molecule has 0 saturated carbocycles. The summed E-state index contributed by atoms with van der Waals surface area (Å²) in [5.41, 5.74) is 0. The Morgan fingerprint density at radius 1 is 1.15 bits per heavy atom. The van der Waals surface area contributed by atoms with Crippen molar-refractivity contribution in [2.75, 3.05) is 13.7 Å². The summed E-state index contributed by atoms with van der Waals surface area (Å²) >= 11 is 0. The monoisotopic (exact) mass is 187 g/mol. The van der Waals surface area contributed by atoms with Gasteiger partial charge in [0.25, 0.3) is 0 Å². The van der Waals surface area contributed by atoms with E-state index in [4.69, 9.17) is 4.74 Å². The molecule has 0 amide bonds. The van der Waals surface area contributed by atoms with Gasteiger partial charge in [-0.1, -0.05) is 26.2 Å². The van der Waals surface area contributed by atoms with Gasteiger partial charge in [-0.05, 0) is 20.3 Å². The average Bonchev–Trinajstić information content (AvgIpc) is 2.05. The average molecular weight is 187 g/mol. The SMILES string of the molecule is CCCCCC(C)NC(C)COC. The summed E-state index contributed by atoms with van der Waals surface area (Å²) in [6, 6.07) is 1.10. The normalized spacial score (nSPS) is 15.7. The van der Waals surface area contributed by atoms with Crippen LogP contribution < -0.4 is 5.32 Å². The van der Waals surface area contributed by atoms with Crippen LogP contribution >= 0.6 is 0 Å². The molecule has 0 aliphatic rings. The Balaban J connectivity index is 3.32. The standard InChI is InChI=1S/C11H25NO/c1-5-6-7-8-10(2)12-11(3)9-13-4/h10-12H,5-9H2,1-4H3. The molecule has 0 aliphatic heterocycles. The summed E-state index contributed by atoms with van der Waals surface area (Å²) in [6.45, 7) is 7.46. The molecule has 2 nitrogen and oxygen atoms in total. The summed E-state index contributed by atoms with van der Waals surface area (Å²) in [5.74, 6) is 0. The van der Waals surface area contributed by atoms with Gasteiger partial charge in [-0.3, -0.25) is 0 Å². The molecule has 0 fully saturated rings. The Morgan fingerprint density at radius 2 is 1.85 bits per heavy atom. The molecule has 0 aromatic heterocycles. The van der Waals surface area contributed by atoms with Gasteiger partial charge in [0.15, 0.2) is 0 Å². The van der Waals surface area contributed by atoms with Crippen molar-refractivity contribution in [1.29, 1.82) is 0 Å². The topological polar surface area (TPSA) is 21.3 Å².